The van der Waals surface area contributed by atoms with Crippen LogP contribution in [0, 0.1) is 11.3 Å². The van der Waals surface area contributed by atoms with Crippen molar-refractivity contribution in [1.82, 2.24) is 4.90 Å². The molecule has 0 amide bonds. The third-order valence-electron chi connectivity index (χ3n) is 4.17. The van der Waals surface area contributed by atoms with Gasteiger partial charge in [0.15, 0.2) is 0 Å². The third kappa shape index (κ3) is 3.81. The Kier molecular flexibility index (Phi) is 6.35. The lowest BCUT2D eigenvalue weighted by molar-refractivity contribution is -0.117. The molecule has 0 unspecified atom stereocenters. The molecule has 18 heavy (non-hydrogen) atoms. The molecule has 0 radical (unpaired) electrons. The van der Waals surface area contributed by atoms with Crippen molar-refractivity contribution in [3.05, 3.63) is 0 Å². The van der Waals surface area contributed by atoms with Crippen LogP contribution in [0.1, 0.15) is 65.2 Å². The average molecular weight is 250 g/mol. The van der Waals surface area contributed by atoms with Gasteiger partial charge in [-0.3, -0.25) is 9.69 Å². The summed E-state index contributed by atoms with van der Waals surface area (Å²) in [7, 11) is 0. The molecule has 0 aliphatic heterocycles. The molecule has 2 saturated carbocycles. The first kappa shape index (κ1) is 15.2. The molecule has 2 rings (SSSR count). The molecule has 2 fully saturated rings. The Hall–Kier alpha value is -0.880. The molecule has 2 aliphatic carbocycles. The lowest BCUT2D eigenvalue weighted by atomic mass is 9.97. The number of carbonyl (C=O) groups excluding carboxylic acids is 1. The number of hydrogen-bond donors (Lipinski definition) is 0. The molecule has 0 N–H and O–H groups in total. The summed E-state index contributed by atoms with van der Waals surface area (Å²) in [6.07, 6.45) is 8.57. The topological polar surface area (TPSA) is 44.1 Å². The largest absolute Gasteiger partial charge is 0.300 e. The first-order valence-electron chi connectivity index (χ1n) is 7.36. The fourth-order valence-corrected chi connectivity index (χ4v) is 3.06. The summed E-state index contributed by atoms with van der Waals surface area (Å²) in [6, 6.07) is 2.51. The minimum atomic E-state index is -0.108. The highest BCUT2D eigenvalue weighted by Crippen LogP contribution is 2.34. The second kappa shape index (κ2) is 7.53. The number of ketones is 1. The van der Waals surface area contributed by atoms with Gasteiger partial charge < -0.3 is 0 Å². The second-order valence-electron chi connectivity index (χ2n) is 5.27. The third-order valence-corrected chi connectivity index (χ3v) is 4.17. The van der Waals surface area contributed by atoms with Gasteiger partial charge in [0.25, 0.3) is 0 Å². The van der Waals surface area contributed by atoms with Crippen LogP contribution < -0.4 is 0 Å². The van der Waals surface area contributed by atoms with Crippen LogP contribution in [0.2, 0.25) is 0 Å². The van der Waals surface area contributed by atoms with Gasteiger partial charge in [-0.05, 0) is 38.8 Å². The summed E-state index contributed by atoms with van der Waals surface area (Å²) < 4.78 is 0. The fourth-order valence-electron chi connectivity index (χ4n) is 3.06. The smallest absolute Gasteiger partial charge is 0.132 e. The van der Waals surface area contributed by atoms with Crippen molar-refractivity contribution in [1.29, 1.82) is 5.26 Å². The molecule has 0 saturated heterocycles. The van der Waals surface area contributed by atoms with Crippen LogP contribution in [-0.4, -0.2) is 29.3 Å². The average Bonchev–Trinajstić information content (AvgIpc) is 3.03. The first-order valence-corrected chi connectivity index (χ1v) is 7.36. The number of nitriles is 1. The molecule has 0 aromatic heterocycles. The molecule has 0 heterocycles. The number of rotatable bonds is 3. The van der Waals surface area contributed by atoms with Crippen LogP contribution >= 0.6 is 0 Å². The fraction of sp³-hybridized carbons (Fsp3) is 0.867. The van der Waals surface area contributed by atoms with Crippen molar-refractivity contribution in [3.63, 3.8) is 0 Å². The van der Waals surface area contributed by atoms with Crippen molar-refractivity contribution >= 4 is 5.78 Å². The van der Waals surface area contributed by atoms with Crippen molar-refractivity contribution in [2.45, 2.75) is 70.8 Å². The highest BCUT2D eigenvalue weighted by molar-refractivity contribution is 5.80. The van der Waals surface area contributed by atoms with Crippen molar-refractivity contribution in [3.8, 4) is 6.07 Å². The standard InChI is InChI=1S/C10H18N2.C5H8O/c1-3-12(4-2)10(9-11)7-5-6-8-10;6-5-3-1-2-4-5/h3-8H2,1-2H3;1-4H2. The molecule has 2 aliphatic rings. The normalized spacial score (nSPS) is 21.6. The van der Waals surface area contributed by atoms with Gasteiger partial charge in [-0.1, -0.05) is 26.7 Å². The van der Waals surface area contributed by atoms with Crippen LogP contribution in [-0.2, 0) is 4.79 Å². The molecule has 0 spiro atoms. The Bertz CT molecular complexity index is 288. The molecule has 0 bridgehead atoms. The van der Waals surface area contributed by atoms with E-state index in [1.165, 1.54) is 12.8 Å². The highest BCUT2D eigenvalue weighted by atomic mass is 16.1. The van der Waals surface area contributed by atoms with E-state index in [0.29, 0.717) is 5.78 Å². The van der Waals surface area contributed by atoms with Gasteiger partial charge in [0, 0.05) is 12.8 Å². The number of Topliss-reactive ketones (excluding diaryl/α,β-unsaturated/α-hetero) is 1. The van der Waals surface area contributed by atoms with E-state index >= 15 is 0 Å². The first-order chi connectivity index (χ1) is 8.68. The molecular weight excluding hydrogens is 224 g/mol. The van der Waals surface area contributed by atoms with Gasteiger partial charge in [-0.2, -0.15) is 5.26 Å². The Balaban J connectivity index is 0.000000225. The maximum Gasteiger partial charge on any atom is 0.132 e. The summed E-state index contributed by atoms with van der Waals surface area (Å²) in [6.45, 7) is 6.29. The van der Waals surface area contributed by atoms with E-state index < -0.39 is 0 Å². The Morgan fingerprint density at radius 2 is 1.61 bits per heavy atom. The van der Waals surface area contributed by atoms with E-state index in [4.69, 9.17) is 5.26 Å². The predicted molar refractivity (Wildman–Crippen MR) is 73.2 cm³/mol. The zero-order chi connectivity index (χ0) is 13.4. The number of nitrogens with zero attached hydrogens (tertiary/aromatic N) is 2. The van der Waals surface area contributed by atoms with E-state index in [1.807, 2.05) is 0 Å². The van der Waals surface area contributed by atoms with Gasteiger partial charge in [-0.15, -0.1) is 0 Å². The van der Waals surface area contributed by atoms with E-state index in [9.17, 15) is 4.79 Å². The van der Waals surface area contributed by atoms with Crippen LogP contribution in [0.5, 0.6) is 0 Å². The highest BCUT2D eigenvalue weighted by Gasteiger charge is 2.38. The van der Waals surface area contributed by atoms with Crippen molar-refractivity contribution in [2.24, 2.45) is 0 Å². The van der Waals surface area contributed by atoms with Gasteiger partial charge in [-0.25, -0.2) is 0 Å². The van der Waals surface area contributed by atoms with Crippen LogP contribution in [0.3, 0.4) is 0 Å². The maximum absolute atomic E-state index is 10.2. The molecule has 0 atom stereocenters. The molecule has 0 aromatic carbocycles. The van der Waals surface area contributed by atoms with Gasteiger partial charge in [0.05, 0.1) is 6.07 Å². The monoisotopic (exact) mass is 250 g/mol. The Labute approximate surface area is 111 Å². The Morgan fingerprint density at radius 1 is 1.11 bits per heavy atom. The number of hydrogen-bond acceptors (Lipinski definition) is 3. The summed E-state index contributed by atoms with van der Waals surface area (Å²) in [5.74, 6) is 0.454. The number of carbonyl (C=O) groups is 1. The Morgan fingerprint density at radius 3 is 1.89 bits per heavy atom. The summed E-state index contributed by atoms with van der Waals surface area (Å²) in [5, 5.41) is 9.16. The zero-order valence-corrected chi connectivity index (χ0v) is 11.9. The van der Waals surface area contributed by atoms with Crippen LogP contribution in [0.15, 0.2) is 0 Å². The summed E-state index contributed by atoms with van der Waals surface area (Å²) in [4.78, 5) is 12.5. The minimum Gasteiger partial charge on any atom is -0.300 e. The van der Waals surface area contributed by atoms with E-state index in [2.05, 4.69) is 24.8 Å². The van der Waals surface area contributed by atoms with Crippen molar-refractivity contribution in [2.75, 3.05) is 13.1 Å². The van der Waals surface area contributed by atoms with Crippen molar-refractivity contribution < 1.29 is 4.79 Å². The summed E-state index contributed by atoms with van der Waals surface area (Å²) in [5.41, 5.74) is -0.108. The molecule has 102 valence electrons. The second-order valence-corrected chi connectivity index (χ2v) is 5.27. The molecular formula is C15H26N2O. The molecule has 0 aromatic rings. The van der Waals surface area contributed by atoms with Gasteiger partial charge >= 0.3 is 0 Å². The van der Waals surface area contributed by atoms with Crippen LogP contribution in [0.25, 0.3) is 0 Å². The maximum atomic E-state index is 10.2. The van der Waals surface area contributed by atoms with E-state index in [-0.39, 0.29) is 5.54 Å². The van der Waals surface area contributed by atoms with E-state index in [0.717, 1.165) is 51.6 Å². The molecule has 3 nitrogen and oxygen atoms in total. The zero-order valence-electron chi connectivity index (χ0n) is 11.9. The lowest BCUT2D eigenvalue weighted by Crippen LogP contribution is -2.45. The van der Waals surface area contributed by atoms with Gasteiger partial charge in [0.2, 0.25) is 0 Å². The van der Waals surface area contributed by atoms with E-state index in [1.54, 1.807) is 0 Å². The van der Waals surface area contributed by atoms with Crippen LogP contribution in [0.4, 0.5) is 0 Å². The SMILES string of the molecule is CCN(CC)C1(C#N)CCCC1.O=C1CCCC1. The summed E-state index contributed by atoms with van der Waals surface area (Å²) >= 11 is 0. The predicted octanol–water partition coefficient (Wildman–Crippen LogP) is 3.29. The quantitative estimate of drug-likeness (QED) is 0.772. The van der Waals surface area contributed by atoms with Gasteiger partial charge in [0.1, 0.15) is 11.3 Å². The molecule has 3 heteroatoms. The lowest BCUT2D eigenvalue weighted by Gasteiger charge is -2.33. The minimum absolute atomic E-state index is 0.108.